The summed E-state index contributed by atoms with van der Waals surface area (Å²) in [4.78, 5) is 39.7. The zero-order chi connectivity index (χ0) is 23.8. The third-order valence-electron chi connectivity index (χ3n) is 5.44. The van der Waals surface area contributed by atoms with Crippen molar-refractivity contribution in [1.29, 1.82) is 0 Å². The maximum Gasteiger partial charge on any atom is 0.332 e. The van der Waals surface area contributed by atoms with Crippen molar-refractivity contribution in [2.45, 2.75) is 13.1 Å². The Hall–Kier alpha value is -3.81. The summed E-state index contributed by atoms with van der Waals surface area (Å²) in [6, 6.07) is 20.6. The molecule has 2 aromatic heterocycles. The molecule has 0 bridgehead atoms. The van der Waals surface area contributed by atoms with E-state index in [1.54, 1.807) is 72.8 Å². The molecule has 34 heavy (non-hydrogen) atoms. The number of para-hydroxylation sites is 2. The van der Waals surface area contributed by atoms with Crippen LogP contribution in [0.3, 0.4) is 0 Å². The number of hydrogen-bond acceptors (Lipinski definition) is 4. The Morgan fingerprint density at radius 1 is 0.882 bits per heavy atom. The fourth-order valence-electron chi connectivity index (χ4n) is 3.85. The van der Waals surface area contributed by atoms with Gasteiger partial charge in [0.15, 0.2) is 0 Å². The smallest absolute Gasteiger partial charge is 0.332 e. The van der Waals surface area contributed by atoms with Crippen LogP contribution in [0.5, 0.6) is 0 Å². The third kappa shape index (κ3) is 4.00. The number of rotatable bonds is 5. The molecule has 0 aliphatic carbocycles. The number of nitrogens with zero attached hydrogens (tertiary/aromatic N) is 2. The highest BCUT2D eigenvalue weighted by Crippen LogP contribution is 2.26. The number of nitrogens with one attached hydrogen (secondary N) is 1. The number of furan rings is 1. The van der Waals surface area contributed by atoms with Crippen LogP contribution in [0.2, 0.25) is 10.0 Å². The molecule has 3 aromatic carbocycles. The molecule has 0 saturated heterocycles. The predicted octanol–water partition coefficient (Wildman–Crippen LogP) is 4.90. The molecule has 9 heteroatoms. The van der Waals surface area contributed by atoms with E-state index in [0.29, 0.717) is 32.3 Å². The summed E-state index contributed by atoms with van der Waals surface area (Å²) in [5, 5.41) is 4.19. The highest BCUT2D eigenvalue weighted by Gasteiger charge is 2.21. The van der Waals surface area contributed by atoms with Gasteiger partial charge in [0, 0.05) is 10.4 Å². The van der Waals surface area contributed by atoms with Gasteiger partial charge in [-0.15, -0.1) is 0 Å². The van der Waals surface area contributed by atoms with Gasteiger partial charge in [0.1, 0.15) is 17.6 Å². The van der Waals surface area contributed by atoms with Gasteiger partial charge in [0.05, 0.1) is 17.3 Å². The average molecular weight is 494 g/mol. The van der Waals surface area contributed by atoms with E-state index in [-0.39, 0.29) is 24.2 Å². The minimum Gasteiger partial charge on any atom is -0.449 e. The van der Waals surface area contributed by atoms with Crippen molar-refractivity contribution in [3.8, 4) is 0 Å². The summed E-state index contributed by atoms with van der Waals surface area (Å²) in [5.74, 6) is -0.474. The molecule has 0 aliphatic heterocycles. The number of anilines is 1. The Bertz CT molecular complexity index is 1670. The van der Waals surface area contributed by atoms with Crippen LogP contribution in [0.1, 0.15) is 5.56 Å². The van der Waals surface area contributed by atoms with Crippen LogP contribution < -0.4 is 16.6 Å². The van der Waals surface area contributed by atoms with Gasteiger partial charge in [-0.2, -0.15) is 0 Å². The van der Waals surface area contributed by atoms with Crippen molar-refractivity contribution in [2.75, 3.05) is 5.32 Å². The maximum absolute atomic E-state index is 13.5. The minimum absolute atomic E-state index is 0.000284. The zero-order valence-electron chi connectivity index (χ0n) is 17.6. The second-order valence-corrected chi connectivity index (χ2v) is 8.53. The SMILES string of the molecule is O=C(Cn1c(=O)n(Cc2ccc(Cl)cc2)c(=O)c2oc3ccccc3c21)Nc1ccccc1Cl. The van der Waals surface area contributed by atoms with Crippen molar-refractivity contribution in [3.05, 3.63) is 109 Å². The van der Waals surface area contributed by atoms with E-state index >= 15 is 0 Å². The van der Waals surface area contributed by atoms with Crippen molar-refractivity contribution in [3.63, 3.8) is 0 Å². The molecule has 5 rings (SSSR count). The van der Waals surface area contributed by atoms with Crippen LogP contribution >= 0.6 is 23.2 Å². The molecule has 0 atom stereocenters. The van der Waals surface area contributed by atoms with E-state index in [4.69, 9.17) is 27.6 Å². The quantitative estimate of drug-likeness (QED) is 0.377. The standard InChI is InChI=1S/C25H17Cl2N3O4/c26-16-11-9-15(10-12-16)13-30-24(32)23-22(17-5-1-4-8-20(17)34-23)29(25(30)33)14-21(31)28-19-7-3-2-6-18(19)27/h1-12H,13-14H2,(H,28,31). The number of aromatic nitrogens is 2. The molecule has 2 heterocycles. The van der Waals surface area contributed by atoms with Crippen LogP contribution in [-0.4, -0.2) is 15.0 Å². The van der Waals surface area contributed by atoms with Gasteiger partial charge < -0.3 is 9.73 Å². The summed E-state index contributed by atoms with van der Waals surface area (Å²) in [6.45, 7) is -0.348. The first kappa shape index (κ1) is 22.0. The van der Waals surface area contributed by atoms with Crippen molar-refractivity contribution in [1.82, 2.24) is 9.13 Å². The lowest BCUT2D eigenvalue weighted by Crippen LogP contribution is -2.41. The summed E-state index contributed by atoms with van der Waals surface area (Å²) in [6.07, 6.45) is 0. The Kier molecular flexibility index (Phi) is 5.73. The van der Waals surface area contributed by atoms with Gasteiger partial charge >= 0.3 is 5.69 Å². The number of amides is 1. The van der Waals surface area contributed by atoms with Gasteiger partial charge in [0.2, 0.25) is 11.5 Å². The second kappa shape index (κ2) is 8.85. The number of benzene rings is 3. The van der Waals surface area contributed by atoms with Crippen LogP contribution in [0.25, 0.3) is 22.1 Å². The number of fused-ring (bicyclic) bond motifs is 3. The topological polar surface area (TPSA) is 86.2 Å². The number of hydrogen-bond donors (Lipinski definition) is 1. The van der Waals surface area contributed by atoms with Crippen molar-refractivity contribution >= 4 is 56.9 Å². The largest absolute Gasteiger partial charge is 0.449 e. The first-order valence-corrected chi connectivity index (χ1v) is 11.1. The Morgan fingerprint density at radius 3 is 2.35 bits per heavy atom. The van der Waals surface area contributed by atoms with E-state index in [0.717, 1.165) is 4.57 Å². The molecule has 0 fully saturated rings. The Morgan fingerprint density at radius 2 is 1.59 bits per heavy atom. The number of carbonyl (C=O) groups excluding carboxylic acids is 1. The van der Waals surface area contributed by atoms with Gasteiger partial charge in [-0.1, -0.05) is 59.6 Å². The van der Waals surface area contributed by atoms with E-state index in [9.17, 15) is 14.4 Å². The fourth-order valence-corrected chi connectivity index (χ4v) is 4.16. The first-order valence-electron chi connectivity index (χ1n) is 10.4. The molecule has 0 saturated carbocycles. The summed E-state index contributed by atoms with van der Waals surface area (Å²) < 4.78 is 8.14. The molecule has 0 radical (unpaired) electrons. The van der Waals surface area contributed by atoms with Gasteiger partial charge in [-0.05, 0) is 42.0 Å². The van der Waals surface area contributed by atoms with Gasteiger partial charge in [-0.25, -0.2) is 4.79 Å². The van der Waals surface area contributed by atoms with Gasteiger partial charge in [0.25, 0.3) is 5.56 Å². The molecule has 170 valence electrons. The van der Waals surface area contributed by atoms with Crippen LogP contribution in [0.15, 0.2) is 86.8 Å². The molecular weight excluding hydrogens is 477 g/mol. The normalized spacial score (nSPS) is 11.2. The highest BCUT2D eigenvalue weighted by atomic mass is 35.5. The van der Waals surface area contributed by atoms with Crippen molar-refractivity contribution < 1.29 is 9.21 Å². The molecule has 1 amide bonds. The Labute approximate surface area is 202 Å². The second-order valence-electron chi connectivity index (χ2n) is 7.69. The molecule has 0 spiro atoms. The van der Waals surface area contributed by atoms with Crippen molar-refractivity contribution in [2.24, 2.45) is 0 Å². The zero-order valence-corrected chi connectivity index (χ0v) is 19.1. The summed E-state index contributed by atoms with van der Waals surface area (Å²) >= 11 is 12.1. The summed E-state index contributed by atoms with van der Waals surface area (Å²) in [7, 11) is 0. The van der Waals surface area contributed by atoms with Gasteiger partial charge in [-0.3, -0.25) is 18.7 Å². The number of halogens is 2. The monoisotopic (exact) mass is 493 g/mol. The van der Waals surface area contributed by atoms with E-state index < -0.39 is 17.2 Å². The molecule has 0 aliphatic rings. The maximum atomic E-state index is 13.5. The minimum atomic E-state index is -0.631. The lowest BCUT2D eigenvalue weighted by Gasteiger charge is -2.13. The summed E-state index contributed by atoms with van der Waals surface area (Å²) in [5.41, 5.74) is 0.629. The fraction of sp³-hybridized carbons (Fsp3) is 0.0800. The lowest BCUT2D eigenvalue weighted by molar-refractivity contribution is -0.116. The molecular formula is C25H17Cl2N3O4. The lowest BCUT2D eigenvalue weighted by atomic mass is 10.2. The highest BCUT2D eigenvalue weighted by molar-refractivity contribution is 6.33. The molecule has 5 aromatic rings. The van der Waals surface area contributed by atoms with Crippen LogP contribution in [-0.2, 0) is 17.9 Å². The molecule has 1 N–H and O–H groups in total. The van der Waals surface area contributed by atoms with Crippen LogP contribution in [0.4, 0.5) is 5.69 Å². The average Bonchev–Trinajstić information content (AvgIpc) is 3.22. The Balaban J connectivity index is 1.66. The number of carbonyl (C=O) groups is 1. The first-order chi connectivity index (χ1) is 16.4. The van der Waals surface area contributed by atoms with E-state index in [1.165, 1.54) is 4.57 Å². The third-order valence-corrected chi connectivity index (χ3v) is 6.03. The van der Waals surface area contributed by atoms with E-state index in [2.05, 4.69) is 5.32 Å². The predicted molar refractivity (Wildman–Crippen MR) is 133 cm³/mol. The molecule has 0 unspecified atom stereocenters. The van der Waals surface area contributed by atoms with E-state index in [1.807, 2.05) is 0 Å². The van der Waals surface area contributed by atoms with Crippen LogP contribution in [0, 0.1) is 0 Å². The molecule has 7 nitrogen and oxygen atoms in total.